The number of carbonyl (C=O) groups is 2. The molecule has 0 radical (unpaired) electrons. The van der Waals surface area contributed by atoms with Crippen LogP contribution in [0.15, 0.2) is 12.1 Å². The predicted molar refractivity (Wildman–Crippen MR) is 80.0 cm³/mol. The summed E-state index contributed by atoms with van der Waals surface area (Å²) in [6.07, 6.45) is 4.16. The molecule has 1 saturated heterocycles. The van der Waals surface area contributed by atoms with Gasteiger partial charge >= 0.3 is 0 Å². The summed E-state index contributed by atoms with van der Waals surface area (Å²) in [5.74, 6) is 1.11. The number of amides is 2. The van der Waals surface area contributed by atoms with Gasteiger partial charge in [-0.2, -0.15) is 0 Å². The van der Waals surface area contributed by atoms with Crippen LogP contribution in [-0.2, 0) is 4.79 Å². The van der Waals surface area contributed by atoms with Gasteiger partial charge in [-0.25, -0.2) is 0 Å². The van der Waals surface area contributed by atoms with Crippen LogP contribution < -0.4 is 5.32 Å². The largest absolute Gasteiger partial charge is 0.338 e. The molecule has 20 heavy (non-hydrogen) atoms. The van der Waals surface area contributed by atoms with Crippen molar-refractivity contribution in [2.45, 2.75) is 32.6 Å². The Balaban J connectivity index is 1.60. The molecule has 1 aliphatic carbocycles. The van der Waals surface area contributed by atoms with Crippen molar-refractivity contribution in [1.82, 2.24) is 4.90 Å². The fourth-order valence-electron chi connectivity index (χ4n) is 2.46. The molecule has 5 heteroatoms. The van der Waals surface area contributed by atoms with E-state index in [1.165, 1.54) is 11.3 Å². The van der Waals surface area contributed by atoms with Crippen LogP contribution in [0.25, 0.3) is 0 Å². The lowest BCUT2D eigenvalue weighted by atomic mass is 9.99. The fourth-order valence-corrected chi connectivity index (χ4v) is 3.33. The Kier molecular flexibility index (Phi) is 3.78. The van der Waals surface area contributed by atoms with Crippen molar-refractivity contribution < 1.29 is 9.59 Å². The van der Waals surface area contributed by atoms with E-state index in [9.17, 15) is 9.59 Å². The highest BCUT2D eigenvalue weighted by Gasteiger charge is 2.30. The van der Waals surface area contributed by atoms with Crippen molar-refractivity contribution >= 4 is 28.2 Å². The minimum absolute atomic E-state index is 0.0950. The second kappa shape index (κ2) is 5.56. The SMILES string of the molecule is CC1CCN(C(=O)c2ccc(NC(=O)C3CC3)s2)CC1. The minimum atomic E-state index is 0.0950. The Labute approximate surface area is 123 Å². The second-order valence-corrected chi connectivity index (χ2v) is 6.99. The molecular formula is C15H20N2O2S. The first-order chi connectivity index (χ1) is 9.63. The molecule has 2 fully saturated rings. The fraction of sp³-hybridized carbons (Fsp3) is 0.600. The van der Waals surface area contributed by atoms with Crippen LogP contribution >= 0.6 is 11.3 Å². The summed E-state index contributed by atoms with van der Waals surface area (Å²) >= 11 is 1.39. The zero-order valence-electron chi connectivity index (χ0n) is 11.7. The Morgan fingerprint density at radius 3 is 2.55 bits per heavy atom. The van der Waals surface area contributed by atoms with Crippen molar-refractivity contribution in [2.24, 2.45) is 11.8 Å². The number of carbonyl (C=O) groups excluding carboxylic acids is 2. The third-order valence-electron chi connectivity index (χ3n) is 4.08. The van der Waals surface area contributed by atoms with Gasteiger partial charge in [0.15, 0.2) is 0 Å². The molecule has 1 saturated carbocycles. The molecule has 4 nitrogen and oxygen atoms in total. The lowest BCUT2D eigenvalue weighted by Gasteiger charge is -2.29. The van der Waals surface area contributed by atoms with E-state index in [0.717, 1.165) is 54.6 Å². The summed E-state index contributed by atoms with van der Waals surface area (Å²) in [5.41, 5.74) is 0. The van der Waals surface area contributed by atoms with Gasteiger partial charge in [0.1, 0.15) is 0 Å². The molecule has 1 aromatic rings. The first-order valence-corrected chi connectivity index (χ1v) is 8.15. The molecule has 3 rings (SSSR count). The van der Waals surface area contributed by atoms with E-state index >= 15 is 0 Å². The van der Waals surface area contributed by atoms with Crippen LogP contribution in [0.5, 0.6) is 0 Å². The van der Waals surface area contributed by atoms with Crippen molar-refractivity contribution in [2.75, 3.05) is 18.4 Å². The second-order valence-electron chi connectivity index (χ2n) is 5.90. The van der Waals surface area contributed by atoms with Gasteiger partial charge in [0.25, 0.3) is 5.91 Å². The first-order valence-electron chi connectivity index (χ1n) is 7.33. The zero-order chi connectivity index (χ0) is 14.1. The number of thiophene rings is 1. The Morgan fingerprint density at radius 1 is 1.20 bits per heavy atom. The third kappa shape index (κ3) is 3.03. The van der Waals surface area contributed by atoms with Crippen molar-refractivity contribution in [3.05, 3.63) is 17.0 Å². The van der Waals surface area contributed by atoms with Gasteiger partial charge in [-0.1, -0.05) is 6.92 Å². The topological polar surface area (TPSA) is 49.4 Å². The van der Waals surface area contributed by atoms with Crippen LogP contribution in [0.2, 0.25) is 0 Å². The number of hydrogen-bond acceptors (Lipinski definition) is 3. The molecule has 2 amide bonds. The molecule has 0 atom stereocenters. The molecule has 1 aromatic heterocycles. The normalized spacial score (nSPS) is 19.9. The van der Waals surface area contributed by atoms with Gasteiger partial charge in [0, 0.05) is 19.0 Å². The van der Waals surface area contributed by atoms with Gasteiger partial charge in [0.05, 0.1) is 9.88 Å². The molecule has 2 aliphatic rings. The summed E-state index contributed by atoms with van der Waals surface area (Å²) in [6, 6.07) is 3.66. The summed E-state index contributed by atoms with van der Waals surface area (Å²) in [7, 11) is 0. The van der Waals surface area contributed by atoms with Crippen LogP contribution in [0.4, 0.5) is 5.00 Å². The van der Waals surface area contributed by atoms with Crippen molar-refractivity contribution in [3.63, 3.8) is 0 Å². The Bertz CT molecular complexity index is 514. The molecule has 0 aromatic carbocycles. The van der Waals surface area contributed by atoms with Gasteiger partial charge in [-0.3, -0.25) is 9.59 Å². The van der Waals surface area contributed by atoms with E-state index in [0.29, 0.717) is 0 Å². The van der Waals surface area contributed by atoms with Crippen molar-refractivity contribution in [1.29, 1.82) is 0 Å². The average Bonchev–Trinajstić information content (AvgIpc) is 3.20. The smallest absolute Gasteiger partial charge is 0.263 e. The van der Waals surface area contributed by atoms with E-state index < -0.39 is 0 Å². The van der Waals surface area contributed by atoms with Crippen molar-refractivity contribution in [3.8, 4) is 0 Å². The highest BCUT2D eigenvalue weighted by molar-refractivity contribution is 7.18. The maximum Gasteiger partial charge on any atom is 0.263 e. The maximum atomic E-state index is 12.4. The third-order valence-corrected chi connectivity index (χ3v) is 5.07. The van der Waals surface area contributed by atoms with Crippen LogP contribution in [-0.4, -0.2) is 29.8 Å². The number of nitrogens with zero attached hydrogens (tertiary/aromatic N) is 1. The molecule has 1 aliphatic heterocycles. The van der Waals surface area contributed by atoms with E-state index in [4.69, 9.17) is 0 Å². The number of likely N-dealkylation sites (tertiary alicyclic amines) is 1. The number of nitrogens with one attached hydrogen (secondary N) is 1. The van der Waals surface area contributed by atoms with Crippen LogP contribution in [0.3, 0.4) is 0 Å². The lowest BCUT2D eigenvalue weighted by Crippen LogP contribution is -2.37. The Hall–Kier alpha value is -1.36. The molecule has 108 valence electrons. The Morgan fingerprint density at radius 2 is 1.90 bits per heavy atom. The van der Waals surface area contributed by atoms with E-state index in [2.05, 4.69) is 12.2 Å². The highest BCUT2D eigenvalue weighted by Crippen LogP contribution is 2.32. The molecule has 1 N–H and O–H groups in total. The van der Waals surface area contributed by atoms with Gasteiger partial charge in [-0.05, 0) is 43.7 Å². The summed E-state index contributed by atoms with van der Waals surface area (Å²) in [6.45, 7) is 3.93. The summed E-state index contributed by atoms with van der Waals surface area (Å²) in [4.78, 5) is 26.7. The molecular weight excluding hydrogens is 272 g/mol. The molecule has 0 spiro atoms. The number of rotatable bonds is 3. The van der Waals surface area contributed by atoms with E-state index in [1.807, 2.05) is 17.0 Å². The molecule has 0 unspecified atom stereocenters. The quantitative estimate of drug-likeness (QED) is 0.931. The van der Waals surface area contributed by atoms with Crippen LogP contribution in [0, 0.1) is 11.8 Å². The standard InChI is InChI=1S/C15H20N2O2S/c1-10-6-8-17(9-7-10)15(19)12-4-5-13(20-12)16-14(18)11-2-3-11/h4-5,10-11H,2-3,6-9H2,1H3,(H,16,18). The molecule has 0 bridgehead atoms. The summed E-state index contributed by atoms with van der Waals surface area (Å²) < 4.78 is 0. The van der Waals surface area contributed by atoms with Gasteiger partial charge in [-0.15, -0.1) is 11.3 Å². The van der Waals surface area contributed by atoms with Gasteiger partial charge < -0.3 is 10.2 Å². The number of piperidine rings is 1. The van der Waals surface area contributed by atoms with E-state index in [1.54, 1.807) is 0 Å². The first kappa shape index (κ1) is 13.6. The highest BCUT2D eigenvalue weighted by atomic mass is 32.1. The number of anilines is 1. The number of hydrogen-bond donors (Lipinski definition) is 1. The minimum Gasteiger partial charge on any atom is -0.338 e. The average molecular weight is 292 g/mol. The monoisotopic (exact) mass is 292 g/mol. The predicted octanol–water partition coefficient (Wildman–Crippen LogP) is 2.97. The summed E-state index contributed by atoms with van der Waals surface area (Å²) in [5, 5.41) is 3.69. The zero-order valence-corrected chi connectivity index (χ0v) is 12.5. The molecule has 2 heterocycles. The lowest BCUT2D eigenvalue weighted by molar-refractivity contribution is -0.117. The maximum absolute atomic E-state index is 12.4. The van der Waals surface area contributed by atoms with Gasteiger partial charge in [0.2, 0.25) is 5.91 Å². The van der Waals surface area contributed by atoms with Crippen LogP contribution in [0.1, 0.15) is 42.3 Å². The van der Waals surface area contributed by atoms with E-state index in [-0.39, 0.29) is 17.7 Å².